The van der Waals surface area contributed by atoms with E-state index in [0.29, 0.717) is 0 Å². The summed E-state index contributed by atoms with van der Waals surface area (Å²) in [7, 11) is 0. The van der Waals surface area contributed by atoms with Crippen molar-refractivity contribution in [3.8, 4) is 5.75 Å². The van der Waals surface area contributed by atoms with Crippen molar-refractivity contribution in [3.63, 3.8) is 0 Å². The molecule has 0 aromatic heterocycles. The first-order valence-electron chi connectivity index (χ1n) is 3.51. The molecule has 0 fully saturated rings. The molecule has 0 spiro atoms. The highest BCUT2D eigenvalue weighted by Gasteiger charge is 2.12. The fraction of sp³-hybridized carbons (Fsp3) is 0.333. The Kier molecular flexibility index (Phi) is 1.16. The smallest absolute Gasteiger partial charge is 0.122 e. The van der Waals surface area contributed by atoms with Crippen molar-refractivity contribution in [2.75, 3.05) is 6.61 Å². The SMILES string of the molecule is Cc1[c]ccc2c1CCO2. The molecule has 0 unspecified atom stereocenters. The third-order valence-electron chi connectivity index (χ3n) is 1.89. The lowest BCUT2D eigenvalue weighted by Crippen LogP contribution is -1.86. The van der Waals surface area contributed by atoms with Gasteiger partial charge in [0.25, 0.3) is 0 Å². The van der Waals surface area contributed by atoms with Crippen molar-refractivity contribution in [3.05, 3.63) is 29.3 Å². The molecule has 1 aliphatic heterocycles. The summed E-state index contributed by atoms with van der Waals surface area (Å²) in [6, 6.07) is 7.05. The lowest BCUT2D eigenvalue weighted by molar-refractivity contribution is 0.357. The third-order valence-corrected chi connectivity index (χ3v) is 1.89. The van der Waals surface area contributed by atoms with Crippen LogP contribution < -0.4 is 4.74 Å². The Hall–Kier alpha value is -0.980. The zero-order valence-electron chi connectivity index (χ0n) is 5.98. The van der Waals surface area contributed by atoms with Crippen LogP contribution in [0, 0.1) is 13.0 Å². The topological polar surface area (TPSA) is 9.23 Å². The molecule has 2 rings (SSSR count). The minimum Gasteiger partial charge on any atom is -0.493 e. The molecule has 1 nitrogen and oxygen atoms in total. The van der Waals surface area contributed by atoms with Gasteiger partial charge in [0.15, 0.2) is 0 Å². The summed E-state index contributed by atoms with van der Waals surface area (Å²) in [4.78, 5) is 0. The number of ether oxygens (including phenoxy) is 1. The van der Waals surface area contributed by atoms with Crippen LogP contribution in [0.3, 0.4) is 0 Å². The summed E-state index contributed by atoms with van der Waals surface area (Å²) in [5, 5.41) is 0. The van der Waals surface area contributed by atoms with Crippen molar-refractivity contribution in [1.82, 2.24) is 0 Å². The Labute approximate surface area is 60.6 Å². The molecule has 1 radical (unpaired) electrons. The molecule has 0 saturated heterocycles. The van der Waals surface area contributed by atoms with Gasteiger partial charge in [-0.1, -0.05) is 6.07 Å². The Balaban J connectivity index is 2.59. The second-order valence-corrected chi connectivity index (χ2v) is 2.54. The summed E-state index contributed by atoms with van der Waals surface area (Å²) >= 11 is 0. The maximum Gasteiger partial charge on any atom is 0.122 e. The van der Waals surface area contributed by atoms with Gasteiger partial charge in [0.05, 0.1) is 6.61 Å². The molecular weight excluding hydrogens is 124 g/mol. The van der Waals surface area contributed by atoms with Gasteiger partial charge in [-0.05, 0) is 24.6 Å². The van der Waals surface area contributed by atoms with E-state index in [4.69, 9.17) is 4.74 Å². The number of hydrogen-bond acceptors (Lipinski definition) is 1. The lowest BCUT2D eigenvalue weighted by atomic mass is 10.1. The minimum atomic E-state index is 0.841. The molecule has 0 bridgehead atoms. The highest BCUT2D eigenvalue weighted by atomic mass is 16.5. The van der Waals surface area contributed by atoms with E-state index in [2.05, 4.69) is 13.0 Å². The van der Waals surface area contributed by atoms with Crippen LogP contribution in [0.5, 0.6) is 5.75 Å². The largest absolute Gasteiger partial charge is 0.493 e. The number of benzene rings is 1. The van der Waals surface area contributed by atoms with Crippen molar-refractivity contribution in [1.29, 1.82) is 0 Å². The van der Waals surface area contributed by atoms with E-state index >= 15 is 0 Å². The number of rotatable bonds is 0. The van der Waals surface area contributed by atoms with Gasteiger partial charge in [0, 0.05) is 12.0 Å². The van der Waals surface area contributed by atoms with Crippen LogP contribution in [0.4, 0.5) is 0 Å². The highest BCUT2D eigenvalue weighted by Crippen LogP contribution is 2.26. The molecular formula is C9H9O. The van der Waals surface area contributed by atoms with Crippen LogP contribution in [0.2, 0.25) is 0 Å². The summed E-state index contributed by atoms with van der Waals surface area (Å²) < 4.78 is 5.36. The van der Waals surface area contributed by atoms with Gasteiger partial charge in [0.1, 0.15) is 5.75 Å². The van der Waals surface area contributed by atoms with Gasteiger partial charge in [-0.2, -0.15) is 0 Å². The average Bonchev–Trinajstić information content (AvgIpc) is 2.36. The van der Waals surface area contributed by atoms with Gasteiger partial charge < -0.3 is 4.74 Å². The normalized spacial score (nSPS) is 14.5. The van der Waals surface area contributed by atoms with Crippen molar-refractivity contribution < 1.29 is 4.74 Å². The molecule has 0 atom stereocenters. The summed E-state index contributed by atoms with van der Waals surface area (Å²) in [5.41, 5.74) is 2.57. The van der Waals surface area contributed by atoms with E-state index in [0.717, 1.165) is 18.8 Å². The van der Waals surface area contributed by atoms with Gasteiger partial charge >= 0.3 is 0 Å². The predicted molar refractivity (Wildman–Crippen MR) is 39.2 cm³/mol. The molecule has 0 N–H and O–H groups in total. The molecule has 10 heavy (non-hydrogen) atoms. The lowest BCUT2D eigenvalue weighted by Gasteiger charge is -1.98. The molecule has 0 amide bonds. The summed E-state index contributed by atoms with van der Waals surface area (Å²) in [6.07, 6.45) is 1.05. The summed E-state index contributed by atoms with van der Waals surface area (Å²) in [5.74, 6) is 1.05. The number of fused-ring (bicyclic) bond motifs is 1. The zero-order chi connectivity index (χ0) is 6.97. The Morgan fingerprint density at radius 3 is 3.30 bits per heavy atom. The van der Waals surface area contributed by atoms with Crippen LogP contribution in [-0.4, -0.2) is 6.61 Å². The van der Waals surface area contributed by atoms with Crippen molar-refractivity contribution >= 4 is 0 Å². The fourth-order valence-corrected chi connectivity index (χ4v) is 1.32. The first kappa shape index (κ1) is 5.78. The summed E-state index contributed by atoms with van der Waals surface area (Å²) in [6.45, 7) is 2.92. The number of aryl methyl sites for hydroxylation is 1. The van der Waals surface area contributed by atoms with E-state index < -0.39 is 0 Å². The molecule has 51 valence electrons. The molecule has 1 aromatic rings. The van der Waals surface area contributed by atoms with E-state index in [-0.39, 0.29) is 0 Å². The van der Waals surface area contributed by atoms with Crippen molar-refractivity contribution in [2.45, 2.75) is 13.3 Å². The van der Waals surface area contributed by atoms with Crippen LogP contribution >= 0.6 is 0 Å². The molecule has 1 aromatic carbocycles. The van der Waals surface area contributed by atoms with E-state index in [1.807, 2.05) is 12.1 Å². The van der Waals surface area contributed by atoms with Gasteiger partial charge in [0.2, 0.25) is 0 Å². The molecule has 0 aliphatic carbocycles. The Morgan fingerprint density at radius 1 is 1.60 bits per heavy atom. The van der Waals surface area contributed by atoms with E-state index in [1.165, 1.54) is 11.1 Å². The Morgan fingerprint density at radius 2 is 2.50 bits per heavy atom. The fourth-order valence-electron chi connectivity index (χ4n) is 1.32. The van der Waals surface area contributed by atoms with E-state index in [9.17, 15) is 0 Å². The van der Waals surface area contributed by atoms with Gasteiger partial charge in [-0.25, -0.2) is 0 Å². The predicted octanol–water partition coefficient (Wildman–Crippen LogP) is 1.73. The van der Waals surface area contributed by atoms with Crippen LogP contribution in [-0.2, 0) is 6.42 Å². The monoisotopic (exact) mass is 133 g/mol. The minimum absolute atomic E-state index is 0.841. The van der Waals surface area contributed by atoms with Crippen LogP contribution in [0.1, 0.15) is 11.1 Å². The maximum absolute atomic E-state index is 5.36. The van der Waals surface area contributed by atoms with Crippen molar-refractivity contribution in [2.24, 2.45) is 0 Å². The van der Waals surface area contributed by atoms with Crippen LogP contribution in [0.15, 0.2) is 12.1 Å². The average molecular weight is 133 g/mol. The molecule has 1 aliphatic rings. The third kappa shape index (κ3) is 0.703. The second-order valence-electron chi connectivity index (χ2n) is 2.54. The molecule has 0 saturated carbocycles. The standard InChI is InChI=1S/C9H9O/c1-7-3-2-4-9-8(7)5-6-10-9/h2,4H,5-6H2,1H3. The maximum atomic E-state index is 5.36. The highest BCUT2D eigenvalue weighted by molar-refractivity contribution is 5.41. The second kappa shape index (κ2) is 2.01. The quantitative estimate of drug-likeness (QED) is 0.523. The zero-order valence-corrected chi connectivity index (χ0v) is 5.98. The molecule has 1 heterocycles. The Bertz CT molecular complexity index is 253. The number of hydrogen-bond donors (Lipinski definition) is 0. The van der Waals surface area contributed by atoms with Crippen LogP contribution in [0.25, 0.3) is 0 Å². The van der Waals surface area contributed by atoms with Gasteiger partial charge in [-0.3, -0.25) is 0 Å². The molecule has 1 heteroatoms. The first-order chi connectivity index (χ1) is 4.88. The first-order valence-corrected chi connectivity index (χ1v) is 3.51. The van der Waals surface area contributed by atoms with E-state index in [1.54, 1.807) is 0 Å². The van der Waals surface area contributed by atoms with Gasteiger partial charge in [-0.15, -0.1) is 0 Å².